The van der Waals surface area contributed by atoms with Gasteiger partial charge < -0.3 is 10.0 Å². The van der Waals surface area contributed by atoms with Gasteiger partial charge in [-0.15, -0.1) is 11.8 Å². The number of carbonyl (C=O) groups is 2. The Balaban J connectivity index is 2.18. The van der Waals surface area contributed by atoms with Gasteiger partial charge in [-0.2, -0.15) is 0 Å². The van der Waals surface area contributed by atoms with Crippen LogP contribution < -0.4 is 0 Å². The topological polar surface area (TPSA) is 57.6 Å². The van der Waals surface area contributed by atoms with Gasteiger partial charge in [-0.25, -0.2) is 0 Å². The number of benzene rings is 1. The predicted octanol–water partition coefficient (Wildman–Crippen LogP) is 3.27. The zero-order valence-electron chi connectivity index (χ0n) is 12.4. The first-order chi connectivity index (χ1) is 10.0. The van der Waals surface area contributed by atoms with Gasteiger partial charge in [0.1, 0.15) is 5.25 Å². The van der Waals surface area contributed by atoms with E-state index < -0.39 is 11.2 Å². The molecule has 1 N–H and O–H groups in total. The van der Waals surface area contributed by atoms with E-state index in [0.29, 0.717) is 11.6 Å². The van der Waals surface area contributed by atoms with Crippen molar-refractivity contribution in [2.75, 3.05) is 7.05 Å². The normalized spacial score (nSPS) is 16.7. The molecule has 2 rings (SSSR count). The fourth-order valence-electron chi connectivity index (χ4n) is 2.63. The molecule has 1 fully saturated rings. The predicted molar refractivity (Wildman–Crippen MR) is 83.7 cm³/mol. The molecule has 0 heterocycles. The van der Waals surface area contributed by atoms with E-state index in [9.17, 15) is 9.59 Å². The van der Waals surface area contributed by atoms with E-state index in [4.69, 9.17) is 5.11 Å². The van der Waals surface area contributed by atoms with Gasteiger partial charge in [-0.3, -0.25) is 9.59 Å². The molecule has 114 valence electrons. The molecule has 0 aromatic heterocycles. The number of rotatable bonds is 5. The van der Waals surface area contributed by atoms with E-state index in [0.717, 1.165) is 17.7 Å². The van der Waals surface area contributed by atoms with Crippen LogP contribution in [0.15, 0.2) is 29.2 Å². The van der Waals surface area contributed by atoms with Crippen molar-refractivity contribution in [2.45, 2.75) is 48.8 Å². The molecular weight excluding hydrogens is 286 g/mol. The average Bonchev–Trinajstić information content (AvgIpc) is 3.00. The van der Waals surface area contributed by atoms with Crippen molar-refractivity contribution in [1.29, 1.82) is 0 Å². The summed E-state index contributed by atoms with van der Waals surface area (Å²) in [6.45, 7) is 1.63. The molecule has 1 saturated carbocycles. The molecule has 1 unspecified atom stereocenters. The third-order valence-electron chi connectivity index (χ3n) is 3.96. The number of nitrogens with zero attached hydrogens (tertiary/aromatic N) is 1. The first-order valence-corrected chi connectivity index (χ1v) is 8.14. The van der Waals surface area contributed by atoms with Crippen molar-refractivity contribution >= 4 is 23.6 Å². The third kappa shape index (κ3) is 3.79. The Bertz CT molecular complexity index is 526. The number of carbonyl (C=O) groups excluding carboxylic acids is 1. The molecule has 21 heavy (non-hydrogen) atoms. The van der Waals surface area contributed by atoms with Gasteiger partial charge in [0, 0.05) is 18.0 Å². The number of hydrogen-bond acceptors (Lipinski definition) is 3. The van der Waals surface area contributed by atoms with Gasteiger partial charge in [0.2, 0.25) is 0 Å². The monoisotopic (exact) mass is 307 g/mol. The Morgan fingerprint density at radius 1 is 1.29 bits per heavy atom. The zero-order valence-corrected chi connectivity index (χ0v) is 13.2. The highest BCUT2D eigenvalue weighted by atomic mass is 32.2. The molecule has 0 aliphatic heterocycles. The van der Waals surface area contributed by atoms with Crippen molar-refractivity contribution in [3.8, 4) is 0 Å². The number of hydrogen-bond donors (Lipinski definition) is 1. The molecule has 1 amide bonds. The van der Waals surface area contributed by atoms with Crippen LogP contribution in [0.2, 0.25) is 0 Å². The second-order valence-electron chi connectivity index (χ2n) is 5.45. The molecule has 1 aliphatic carbocycles. The number of thioether (sulfide) groups is 1. The van der Waals surface area contributed by atoms with Gasteiger partial charge in [0.05, 0.1) is 5.56 Å². The lowest BCUT2D eigenvalue weighted by Gasteiger charge is -2.25. The van der Waals surface area contributed by atoms with Gasteiger partial charge in [0.15, 0.2) is 0 Å². The molecule has 1 aromatic carbocycles. The van der Waals surface area contributed by atoms with Gasteiger partial charge >= 0.3 is 5.97 Å². The smallest absolute Gasteiger partial charge is 0.316 e. The van der Waals surface area contributed by atoms with E-state index in [1.54, 1.807) is 13.0 Å². The average molecular weight is 307 g/mol. The summed E-state index contributed by atoms with van der Waals surface area (Å²) in [7, 11) is 1.85. The van der Waals surface area contributed by atoms with Gasteiger partial charge in [-0.05, 0) is 31.9 Å². The van der Waals surface area contributed by atoms with Crippen LogP contribution in [0.25, 0.3) is 0 Å². The molecule has 0 spiro atoms. The van der Waals surface area contributed by atoms with Gasteiger partial charge in [-0.1, -0.05) is 25.0 Å². The highest BCUT2D eigenvalue weighted by Gasteiger charge is 2.26. The maximum Gasteiger partial charge on any atom is 0.316 e. The largest absolute Gasteiger partial charge is 0.480 e. The van der Waals surface area contributed by atoms with E-state index >= 15 is 0 Å². The van der Waals surface area contributed by atoms with Crippen LogP contribution in [0, 0.1) is 0 Å². The summed E-state index contributed by atoms with van der Waals surface area (Å²) in [4.78, 5) is 26.2. The van der Waals surface area contributed by atoms with Crippen LogP contribution in [0.5, 0.6) is 0 Å². The quantitative estimate of drug-likeness (QED) is 0.848. The van der Waals surface area contributed by atoms with Crippen LogP contribution in [-0.2, 0) is 4.79 Å². The van der Waals surface area contributed by atoms with Crippen molar-refractivity contribution in [3.05, 3.63) is 29.8 Å². The Kier molecular flexibility index (Phi) is 5.28. The molecule has 0 saturated heterocycles. The first kappa shape index (κ1) is 15.9. The molecule has 4 nitrogen and oxygen atoms in total. The summed E-state index contributed by atoms with van der Waals surface area (Å²) in [6.07, 6.45) is 4.47. The van der Waals surface area contributed by atoms with Crippen LogP contribution in [0.4, 0.5) is 0 Å². The zero-order chi connectivity index (χ0) is 15.4. The summed E-state index contributed by atoms with van der Waals surface area (Å²) < 4.78 is 0. The number of carboxylic acids is 1. The minimum Gasteiger partial charge on any atom is -0.480 e. The highest BCUT2D eigenvalue weighted by Crippen LogP contribution is 2.30. The van der Waals surface area contributed by atoms with E-state index in [1.807, 2.05) is 30.1 Å². The maximum absolute atomic E-state index is 12.7. The van der Waals surface area contributed by atoms with Crippen molar-refractivity contribution in [2.24, 2.45) is 0 Å². The summed E-state index contributed by atoms with van der Waals surface area (Å²) in [5.74, 6) is -0.881. The molecule has 1 aromatic rings. The van der Waals surface area contributed by atoms with Crippen LogP contribution in [-0.4, -0.2) is 40.2 Å². The number of carboxylic acid groups (broad SMARTS) is 1. The minimum atomic E-state index is -0.869. The van der Waals surface area contributed by atoms with Crippen LogP contribution in [0.3, 0.4) is 0 Å². The lowest BCUT2D eigenvalue weighted by atomic mass is 10.1. The number of aliphatic carboxylic acids is 1. The Labute approximate surface area is 129 Å². The lowest BCUT2D eigenvalue weighted by molar-refractivity contribution is -0.136. The fourth-order valence-corrected chi connectivity index (χ4v) is 3.56. The second-order valence-corrected chi connectivity index (χ2v) is 6.83. The standard InChI is InChI=1S/C16H21NO3S/c1-11(16(19)20)21-14-10-6-5-9-13(14)15(18)17(2)12-7-3-4-8-12/h5-6,9-12H,3-4,7-8H2,1-2H3,(H,19,20). The minimum absolute atomic E-state index is 0.0115. The second kappa shape index (κ2) is 6.98. The molecule has 1 aliphatic rings. The van der Waals surface area contributed by atoms with Crippen molar-refractivity contribution in [1.82, 2.24) is 4.90 Å². The molecule has 5 heteroatoms. The SMILES string of the molecule is CC(Sc1ccccc1C(=O)N(C)C1CCCC1)C(=O)O. The summed E-state index contributed by atoms with van der Waals surface area (Å²) in [5.41, 5.74) is 0.602. The summed E-state index contributed by atoms with van der Waals surface area (Å²) >= 11 is 1.22. The van der Waals surface area contributed by atoms with Crippen molar-refractivity contribution in [3.63, 3.8) is 0 Å². The third-order valence-corrected chi connectivity index (χ3v) is 5.13. The van der Waals surface area contributed by atoms with Gasteiger partial charge in [0.25, 0.3) is 5.91 Å². The Morgan fingerprint density at radius 3 is 2.52 bits per heavy atom. The van der Waals surface area contributed by atoms with E-state index in [-0.39, 0.29) is 5.91 Å². The summed E-state index contributed by atoms with van der Waals surface area (Å²) in [6, 6.07) is 7.58. The molecular formula is C16H21NO3S. The van der Waals surface area contributed by atoms with E-state index in [2.05, 4.69) is 0 Å². The lowest BCUT2D eigenvalue weighted by Crippen LogP contribution is -2.35. The Hall–Kier alpha value is -1.49. The van der Waals surface area contributed by atoms with Crippen LogP contribution >= 0.6 is 11.8 Å². The maximum atomic E-state index is 12.7. The Morgan fingerprint density at radius 2 is 1.90 bits per heavy atom. The highest BCUT2D eigenvalue weighted by molar-refractivity contribution is 8.00. The fraction of sp³-hybridized carbons (Fsp3) is 0.500. The first-order valence-electron chi connectivity index (χ1n) is 7.26. The number of amides is 1. The molecule has 0 radical (unpaired) electrons. The summed E-state index contributed by atoms with van der Waals surface area (Å²) in [5, 5.41) is 8.47. The van der Waals surface area contributed by atoms with E-state index in [1.165, 1.54) is 24.6 Å². The van der Waals surface area contributed by atoms with Crippen molar-refractivity contribution < 1.29 is 14.7 Å². The van der Waals surface area contributed by atoms with Crippen LogP contribution in [0.1, 0.15) is 43.0 Å². The molecule has 1 atom stereocenters. The molecule has 0 bridgehead atoms.